The molecule has 3 aromatic carbocycles. The second-order valence-corrected chi connectivity index (χ2v) is 13.1. The van der Waals surface area contributed by atoms with Gasteiger partial charge < -0.3 is 24.3 Å². The molecular weight excluding hydrogens is 576 g/mol. The number of imidazole rings is 1. The van der Waals surface area contributed by atoms with Gasteiger partial charge >= 0.3 is 6.09 Å². The Morgan fingerprint density at radius 2 is 1.89 bits per heavy atom. The van der Waals surface area contributed by atoms with E-state index in [0.29, 0.717) is 31.1 Å². The van der Waals surface area contributed by atoms with E-state index in [0.717, 1.165) is 59.0 Å². The highest BCUT2D eigenvalue weighted by Crippen LogP contribution is 2.31. The van der Waals surface area contributed by atoms with Crippen LogP contribution in [0.2, 0.25) is 5.02 Å². The Morgan fingerprint density at radius 3 is 2.66 bits per heavy atom. The number of benzene rings is 3. The van der Waals surface area contributed by atoms with Gasteiger partial charge in [-0.3, -0.25) is 4.79 Å². The third kappa shape index (κ3) is 8.10. The number of fused-ring (bicyclic) bond motifs is 2. The lowest BCUT2D eigenvalue weighted by atomic mass is 9.95. The number of halogens is 1. The number of likely N-dealkylation sites (tertiary alicyclic amines) is 1. The van der Waals surface area contributed by atoms with Gasteiger partial charge in [-0.1, -0.05) is 54.1 Å². The lowest BCUT2D eigenvalue weighted by molar-refractivity contribution is -0.132. The second-order valence-electron chi connectivity index (χ2n) is 12.7. The number of piperidine rings is 1. The van der Waals surface area contributed by atoms with E-state index in [-0.39, 0.29) is 18.2 Å². The summed E-state index contributed by atoms with van der Waals surface area (Å²) in [6.07, 6.45) is 2.86. The van der Waals surface area contributed by atoms with E-state index in [9.17, 15) is 9.59 Å². The highest BCUT2D eigenvalue weighted by Gasteiger charge is 2.30. The van der Waals surface area contributed by atoms with Crippen LogP contribution in [0.15, 0.2) is 60.7 Å². The zero-order chi connectivity index (χ0) is 31.3. The van der Waals surface area contributed by atoms with E-state index in [1.165, 1.54) is 0 Å². The van der Waals surface area contributed by atoms with Gasteiger partial charge in [0.25, 0.3) is 0 Å². The van der Waals surface area contributed by atoms with E-state index in [4.69, 9.17) is 26.1 Å². The number of nitrogens with one attached hydrogen (secondary N) is 1. The smallest absolute Gasteiger partial charge is 0.407 e. The van der Waals surface area contributed by atoms with Crippen molar-refractivity contribution in [3.63, 3.8) is 0 Å². The van der Waals surface area contributed by atoms with Gasteiger partial charge in [-0.05, 0) is 81.0 Å². The largest absolute Gasteiger partial charge is 0.444 e. The Hall–Kier alpha value is -3.62. The van der Waals surface area contributed by atoms with Gasteiger partial charge in [0.15, 0.2) is 0 Å². The number of carbonyl (C=O) groups is 2. The Balaban J connectivity index is 1.34. The Morgan fingerprint density at radius 1 is 1.09 bits per heavy atom. The van der Waals surface area contributed by atoms with Crippen LogP contribution in [0.3, 0.4) is 0 Å². The lowest BCUT2D eigenvalue weighted by Crippen LogP contribution is -2.46. The molecule has 9 heteroatoms. The number of aryl methyl sites for hydroxylation is 1. The third-order valence-electron chi connectivity index (χ3n) is 8.05. The molecule has 5 rings (SSSR count). The summed E-state index contributed by atoms with van der Waals surface area (Å²) >= 11 is 6.36. The fourth-order valence-corrected chi connectivity index (χ4v) is 6.25. The number of amides is 2. The van der Waals surface area contributed by atoms with Crippen molar-refractivity contribution in [3.8, 4) is 0 Å². The molecule has 1 saturated heterocycles. The topological polar surface area (TPSA) is 85.7 Å². The molecule has 1 aliphatic heterocycles. The zero-order valence-electron chi connectivity index (χ0n) is 26.1. The minimum Gasteiger partial charge on any atom is -0.444 e. The van der Waals surface area contributed by atoms with Crippen molar-refractivity contribution in [2.75, 3.05) is 26.8 Å². The van der Waals surface area contributed by atoms with E-state index in [2.05, 4.69) is 40.2 Å². The number of rotatable bonds is 10. The minimum atomic E-state index is -0.638. The van der Waals surface area contributed by atoms with Crippen molar-refractivity contribution in [2.24, 2.45) is 0 Å². The lowest BCUT2D eigenvalue weighted by Gasteiger charge is -2.34. The van der Waals surface area contributed by atoms with Crippen LogP contribution in [0.5, 0.6) is 0 Å². The minimum absolute atomic E-state index is 0.0154. The van der Waals surface area contributed by atoms with Crippen LogP contribution < -0.4 is 5.32 Å². The van der Waals surface area contributed by atoms with Crippen LogP contribution in [-0.4, -0.2) is 64.9 Å². The molecule has 4 aromatic rings. The number of aromatic nitrogens is 2. The molecule has 8 nitrogen and oxygen atoms in total. The molecule has 0 saturated carbocycles. The van der Waals surface area contributed by atoms with Gasteiger partial charge in [-0.15, -0.1) is 0 Å². The molecule has 44 heavy (non-hydrogen) atoms. The molecule has 2 atom stereocenters. The number of ether oxygens (including phenoxy) is 2. The first-order valence-corrected chi connectivity index (χ1v) is 15.9. The summed E-state index contributed by atoms with van der Waals surface area (Å²) in [6.45, 7) is 8.17. The van der Waals surface area contributed by atoms with Crippen LogP contribution in [0.4, 0.5) is 4.79 Å². The molecule has 0 aliphatic carbocycles. The summed E-state index contributed by atoms with van der Waals surface area (Å²) in [5, 5.41) is 5.95. The molecule has 0 bridgehead atoms. The zero-order valence-corrected chi connectivity index (χ0v) is 26.9. The average molecular weight is 619 g/mol. The van der Waals surface area contributed by atoms with Crippen molar-refractivity contribution in [2.45, 2.75) is 77.0 Å². The van der Waals surface area contributed by atoms with E-state index < -0.39 is 17.7 Å². The standard InChI is InChI=1S/C35H43ClN4O4/c1-35(2,3)44-34(42)37-29(20-24-12-13-25-9-5-6-10-26(25)19-24)22-32(41)39-16-7-11-27(23-39)33-38-30-15-14-28(36)21-31(30)40(33)17-8-18-43-4/h5-6,9-10,12-15,19,21,27,29H,7-8,11,16-18,20,22-23H2,1-4H3,(H,37,42)/t27-,29-/m1/s1. The van der Waals surface area contributed by atoms with Crippen LogP contribution >= 0.6 is 11.6 Å². The molecule has 1 N–H and O–H groups in total. The first-order chi connectivity index (χ1) is 21.1. The van der Waals surface area contributed by atoms with Gasteiger partial charge in [0.2, 0.25) is 5.91 Å². The fraction of sp³-hybridized carbons (Fsp3) is 0.457. The quantitative estimate of drug-likeness (QED) is 0.191. The number of nitrogens with zero attached hydrogens (tertiary/aromatic N) is 3. The number of hydrogen-bond acceptors (Lipinski definition) is 5. The molecule has 0 radical (unpaired) electrons. The van der Waals surface area contributed by atoms with Crippen molar-refractivity contribution in [3.05, 3.63) is 77.1 Å². The normalized spacial score (nSPS) is 16.3. The van der Waals surface area contributed by atoms with E-state index in [1.54, 1.807) is 7.11 Å². The Labute approximate surface area is 264 Å². The highest BCUT2D eigenvalue weighted by atomic mass is 35.5. The van der Waals surface area contributed by atoms with Gasteiger partial charge in [0.1, 0.15) is 11.4 Å². The van der Waals surface area contributed by atoms with Crippen molar-refractivity contribution >= 4 is 45.4 Å². The van der Waals surface area contributed by atoms with E-state index in [1.807, 2.05) is 56.0 Å². The maximum atomic E-state index is 13.8. The monoisotopic (exact) mass is 618 g/mol. The number of hydrogen-bond donors (Lipinski definition) is 1. The number of carbonyl (C=O) groups excluding carboxylic acids is 2. The highest BCUT2D eigenvalue weighted by molar-refractivity contribution is 6.31. The van der Waals surface area contributed by atoms with Gasteiger partial charge in [-0.25, -0.2) is 9.78 Å². The molecule has 1 fully saturated rings. The summed E-state index contributed by atoms with van der Waals surface area (Å²) in [6, 6.07) is 19.8. The molecule has 0 spiro atoms. The van der Waals surface area contributed by atoms with Crippen LogP contribution in [0, 0.1) is 0 Å². The maximum Gasteiger partial charge on any atom is 0.407 e. The Bertz CT molecular complexity index is 1610. The van der Waals surface area contributed by atoms with Crippen LogP contribution in [0.25, 0.3) is 21.8 Å². The van der Waals surface area contributed by atoms with Gasteiger partial charge in [0.05, 0.1) is 11.0 Å². The van der Waals surface area contributed by atoms with Gasteiger partial charge in [0, 0.05) is 56.8 Å². The first-order valence-electron chi connectivity index (χ1n) is 15.5. The SMILES string of the molecule is COCCCn1c([C@@H]2CCCN(C(=O)C[C@@H](Cc3ccc4ccccc4c3)NC(=O)OC(C)(C)C)C2)nc2ccc(Cl)cc21. The third-order valence-corrected chi connectivity index (χ3v) is 8.28. The summed E-state index contributed by atoms with van der Waals surface area (Å²) in [5.74, 6) is 1.09. The molecule has 1 aromatic heterocycles. The predicted octanol–water partition coefficient (Wildman–Crippen LogP) is 7.11. The second kappa shape index (κ2) is 14.0. The molecule has 1 aliphatic rings. The predicted molar refractivity (Wildman–Crippen MR) is 175 cm³/mol. The molecule has 234 valence electrons. The molecular formula is C35H43ClN4O4. The summed E-state index contributed by atoms with van der Waals surface area (Å²) in [4.78, 5) is 33.6. The molecule has 0 unspecified atom stereocenters. The van der Waals surface area contributed by atoms with Crippen LogP contribution in [0.1, 0.15) is 63.8 Å². The van der Waals surface area contributed by atoms with Crippen molar-refractivity contribution in [1.82, 2.24) is 19.8 Å². The number of alkyl carbamates (subject to hydrolysis) is 1. The molecule has 2 amide bonds. The van der Waals surface area contributed by atoms with Crippen molar-refractivity contribution < 1.29 is 19.1 Å². The summed E-state index contributed by atoms with van der Waals surface area (Å²) in [5.41, 5.74) is 2.32. The fourth-order valence-electron chi connectivity index (χ4n) is 6.08. The average Bonchev–Trinajstić information content (AvgIpc) is 3.33. The summed E-state index contributed by atoms with van der Waals surface area (Å²) in [7, 11) is 1.71. The number of methoxy groups -OCH3 is 1. The van der Waals surface area contributed by atoms with E-state index >= 15 is 0 Å². The Kier molecular flexibility index (Phi) is 10.1. The summed E-state index contributed by atoms with van der Waals surface area (Å²) < 4.78 is 13.1. The van der Waals surface area contributed by atoms with Gasteiger partial charge in [-0.2, -0.15) is 0 Å². The first kappa shape index (κ1) is 31.8. The van der Waals surface area contributed by atoms with Crippen LogP contribution in [-0.2, 0) is 27.2 Å². The maximum absolute atomic E-state index is 13.8. The van der Waals surface area contributed by atoms with Crippen molar-refractivity contribution in [1.29, 1.82) is 0 Å². The molecule has 2 heterocycles.